The molecular weight excluding hydrogens is 168 g/mol. The number of aliphatic hydroxyl groups excluding tert-OH is 1. The summed E-state index contributed by atoms with van der Waals surface area (Å²) in [6.45, 7) is 0.324. The second-order valence-electron chi connectivity index (χ2n) is 4.39. The molecule has 3 heteroatoms. The number of rotatable bonds is 1. The minimum Gasteiger partial charge on any atom is -0.456 e. The van der Waals surface area contributed by atoms with Crippen LogP contribution in [0.15, 0.2) is 12.5 Å². The van der Waals surface area contributed by atoms with Gasteiger partial charge in [0, 0.05) is 18.9 Å². The van der Waals surface area contributed by atoms with Gasteiger partial charge in [0.1, 0.15) is 12.5 Å². The minimum absolute atomic E-state index is 0.324. The second-order valence-corrected chi connectivity index (χ2v) is 4.39. The summed E-state index contributed by atoms with van der Waals surface area (Å²) in [6, 6.07) is 0. The molecule has 13 heavy (non-hydrogen) atoms. The van der Waals surface area contributed by atoms with Gasteiger partial charge < -0.3 is 14.6 Å². The van der Waals surface area contributed by atoms with Gasteiger partial charge >= 0.3 is 0 Å². The maximum absolute atomic E-state index is 9.12. The van der Waals surface area contributed by atoms with Crippen LogP contribution in [0.2, 0.25) is 0 Å². The van der Waals surface area contributed by atoms with Crippen LogP contribution in [0.4, 0.5) is 0 Å². The molecule has 3 aliphatic rings. The van der Waals surface area contributed by atoms with Crippen molar-refractivity contribution in [2.75, 3.05) is 6.61 Å². The molecule has 3 rings (SSSR count). The van der Waals surface area contributed by atoms with Gasteiger partial charge in [-0.05, 0) is 24.7 Å². The summed E-state index contributed by atoms with van der Waals surface area (Å²) >= 11 is 0. The molecule has 0 aromatic carbocycles. The van der Waals surface area contributed by atoms with Crippen molar-refractivity contribution in [3.8, 4) is 0 Å². The first-order valence-corrected chi connectivity index (χ1v) is 4.95. The lowest BCUT2D eigenvalue weighted by Crippen LogP contribution is -2.38. The van der Waals surface area contributed by atoms with Crippen LogP contribution < -0.4 is 0 Å². The maximum atomic E-state index is 9.12. The molecule has 1 unspecified atom stereocenters. The van der Waals surface area contributed by atoms with Gasteiger partial charge in [-0.3, -0.25) is 0 Å². The number of fused-ring (bicyclic) bond motifs is 3. The molecular formula is C10H14O3. The van der Waals surface area contributed by atoms with Crippen molar-refractivity contribution < 1.29 is 14.6 Å². The fourth-order valence-electron chi connectivity index (χ4n) is 3.18. The zero-order valence-electron chi connectivity index (χ0n) is 7.48. The van der Waals surface area contributed by atoms with Crippen molar-refractivity contribution >= 4 is 0 Å². The Balaban J connectivity index is 1.79. The highest BCUT2D eigenvalue weighted by Crippen LogP contribution is 2.56. The predicted octanol–water partition coefficient (Wildman–Crippen LogP) is 1.24. The van der Waals surface area contributed by atoms with Gasteiger partial charge in [0.15, 0.2) is 0 Å². The van der Waals surface area contributed by atoms with Gasteiger partial charge in [-0.1, -0.05) is 0 Å². The Bertz CT molecular complexity index is 241. The SMILES string of the molecule is OCC1C[C@H]2C[C@H]1CC21OC=CO1. The highest BCUT2D eigenvalue weighted by atomic mass is 16.7. The molecule has 72 valence electrons. The molecule has 2 saturated carbocycles. The number of hydrogen-bond donors (Lipinski definition) is 1. The van der Waals surface area contributed by atoms with E-state index in [9.17, 15) is 0 Å². The third kappa shape index (κ3) is 0.881. The lowest BCUT2D eigenvalue weighted by molar-refractivity contribution is -0.182. The van der Waals surface area contributed by atoms with Crippen LogP contribution in [-0.4, -0.2) is 17.5 Å². The van der Waals surface area contributed by atoms with Crippen molar-refractivity contribution in [2.45, 2.75) is 25.0 Å². The molecule has 2 bridgehead atoms. The Kier molecular flexibility index (Phi) is 1.42. The van der Waals surface area contributed by atoms with Crippen LogP contribution in [-0.2, 0) is 9.47 Å². The summed E-state index contributed by atoms with van der Waals surface area (Å²) in [7, 11) is 0. The lowest BCUT2D eigenvalue weighted by atomic mass is 9.85. The molecule has 0 radical (unpaired) electrons. The Hall–Kier alpha value is -0.700. The summed E-state index contributed by atoms with van der Waals surface area (Å²) < 4.78 is 11.1. The van der Waals surface area contributed by atoms with Crippen molar-refractivity contribution in [1.82, 2.24) is 0 Å². The fraction of sp³-hybridized carbons (Fsp3) is 0.800. The monoisotopic (exact) mass is 182 g/mol. The topological polar surface area (TPSA) is 38.7 Å². The Labute approximate surface area is 77.3 Å². The van der Waals surface area contributed by atoms with E-state index >= 15 is 0 Å². The first-order valence-electron chi connectivity index (χ1n) is 4.95. The molecule has 0 aromatic heterocycles. The third-order valence-electron chi connectivity index (χ3n) is 3.84. The molecule has 3 atom stereocenters. The van der Waals surface area contributed by atoms with Crippen LogP contribution in [0, 0.1) is 17.8 Å². The van der Waals surface area contributed by atoms with E-state index in [0.717, 1.165) is 19.3 Å². The molecule has 1 heterocycles. The second kappa shape index (κ2) is 2.41. The fourth-order valence-corrected chi connectivity index (χ4v) is 3.18. The summed E-state index contributed by atoms with van der Waals surface area (Å²) in [5.74, 6) is 1.25. The summed E-state index contributed by atoms with van der Waals surface area (Å²) in [5, 5.41) is 9.12. The van der Waals surface area contributed by atoms with E-state index in [4.69, 9.17) is 14.6 Å². The van der Waals surface area contributed by atoms with Crippen LogP contribution >= 0.6 is 0 Å². The van der Waals surface area contributed by atoms with E-state index in [0.29, 0.717) is 24.4 Å². The predicted molar refractivity (Wildman–Crippen MR) is 45.4 cm³/mol. The normalized spacial score (nSPS) is 43.9. The van der Waals surface area contributed by atoms with Gasteiger partial charge in [-0.2, -0.15) is 0 Å². The molecule has 1 N–H and O–H groups in total. The van der Waals surface area contributed by atoms with Crippen LogP contribution in [0.5, 0.6) is 0 Å². The molecule has 0 amide bonds. The van der Waals surface area contributed by atoms with Gasteiger partial charge in [0.2, 0.25) is 0 Å². The van der Waals surface area contributed by atoms with Crippen LogP contribution in [0.25, 0.3) is 0 Å². The number of ether oxygens (including phenoxy) is 2. The first-order chi connectivity index (χ1) is 6.34. The molecule has 1 aliphatic heterocycles. The summed E-state index contributed by atoms with van der Waals surface area (Å²) in [6.07, 6.45) is 6.47. The van der Waals surface area contributed by atoms with Crippen LogP contribution in [0.3, 0.4) is 0 Å². The van der Waals surface area contributed by atoms with Crippen LogP contribution in [0.1, 0.15) is 19.3 Å². The highest BCUT2D eigenvalue weighted by molar-refractivity contribution is 5.04. The van der Waals surface area contributed by atoms with Crippen molar-refractivity contribution in [1.29, 1.82) is 0 Å². The molecule has 0 saturated heterocycles. The minimum atomic E-state index is -0.337. The van der Waals surface area contributed by atoms with Gasteiger partial charge in [0.25, 0.3) is 5.79 Å². The Morgan fingerprint density at radius 2 is 2.08 bits per heavy atom. The summed E-state index contributed by atoms with van der Waals surface area (Å²) in [5.41, 5.74) is 0. The average Bonchev–Trinajstić information content (AvgIpc) is 2.80. The molecule has 1 spiro atoms. The summed E-state index contributed by atoms with van der Waals surface area (Å²) in [4.78, 5) is 0. The van der Waals surface area contributed by atoms with E-state index in [-0.39, 0.29) is 5.79 Å². The highest BCUT2D eigenvalue weighted by Gasteiger charge is 2.58. The number of aliphatic hydroxyl groups is 1. The Morgan fingerprint density at radius 1 is 1.31 bits per heavy atom. The molecule has 3 nitrogen and oxygen atoms in total. The van der Waals surface area contributed by atoms with E-state index < -0.39 is 0 Å². The average molecular weight is 182 g/mol. The van der Waals surface area contributed by atoms with E-state index in [1.165, 1.54) is 0 Å². The zero-order valence-corrected chi connectivity index (χ0v) is 7.48. The number of hydrogen-bond acceptors (Lipinski definition) is 3. The van der Waals surface area contributed by atoms with Gasteiger partial charge in [-0.15, -0.1) is 0 Å². The largest absolute Gasteiger partial charge is 0.456 e. The molecule has 2 fully saturated rings. The van der Waals surface area contributed by atoms with Gasteiger partial charge in [-0.25, -0.2) is 0 Å². The van der Waals surface area contributed by atoms with E-state index in [1.807, 2.05) is 0 Å². The van der Waals surface area contributed by atoms with Crippen molar-refractivity contribution in [2.24, 2.45) is 17.8 Å². The maximum Gasteiger partial charge on any atom is 0.252 e. The lowest BCUT2D eigenvalue weighted by Gasteiger charge is -2.34. The molecule has 0 aromatic rings. The smallest absolute Gasteiger partial charge is 0.252 e. The van der Waals surface area contributed by atoms with E-state index in [1.54, 1.807) is 12.5 Å². The quantitative estimate of drug-likeness (QED) is 0.663. The third-order valence-corrected chi connectivity index (χ3v) is 3.84. The van der Waals surface area contributed by atoms with E-state index in [2.05, 4.69) is 0 Å². The van der Waals surface area contributed by atoms with Crippen molar-refractivity contribution in [3.63, 3.8) is 0 Å². The zero-order chi connectivity index (χ0) is 8.89. The molecule has 2 aliphatic carbocycles. The van der Waals surface area contributed by atoms with Gasteiger partial charge in [0.05, 0.1) is 0 Å². The first kappa shape index (κ1) is 7.68. The standard InChI is InChI=1S/C10H14O3/c11-6-8-4-9-3-7(8)5-10(9)12-1-2-13-10/h1-2,7-9,11H,3-6H2/t7-,8?,9+/m0/s1. The van der Waals surface area contributed by atoms with Crippen molar-refractivity contribution in [3.05, 3.63) is 12.5 Å². The Morgan fingerprint density at radius 3 is 2.62 bits per heavy atom.